The summed E-state index contributed by atoms with van der Waals surface area (Å²) in [7, 11) is 0. The van der Waals surface area contributed by atoms with E-state index in [1.165, 1.54) is 4.90 Å². The number of nitrogens with zero attached hydrogens (tertiary/aromatic N) is 1. The molecule has 2 aliphatic heterocycles. The van der Waals surface area contributed by atoms with E-state index >= 15 is 0 Å². The molecule has 5 heteroatoms. The standard InChI is InChI=1S/C15H23NO4/c1-2-10-7-11-12(8-10)14(18)16(13(11)17)9-15(19)3-5-20-6-4-15/h10-12,19H,2-9H2,1H3. The Labute approximate surface area is 119 Å². The molecule has 3 fully saturated rings. The highest BCUT2D eigenvalue weighted by molar-refractivity contribution is 6.05. The maximum absolute atomic E-state index is 12.4. The Balaban J connectivity index is 1.70. The molecular formula is C15H23NO4. The third-order valence-corrected chi connectivity index (χ3v) is 5.28. The van der Waals surface area contributed by atoms with E-state index in [9.17, 15) is 14.7 Å². The Morgan fingerprint density at radius 2 is 1.75 bits per heavy atom. The van der Waals surface area contributed by atoms with Crippen molar-refractivity contribution >= 4 is 11.8 Å². The van der Waals surface area contributed by atoms with Crippen molar-refractivity contribution in [3.05, 3.63) is 0 Å². The highest BCUT2D eigenvalue weighted by Crippen LogP contribution is 2.44. The van der Waals surface area contributed by atoms with Crippen molar-refractivity contribution < 1.29 is 19.4 Å². The van der Waals surface area contributed by atoms with Gasteiger partial charge < -0.3 is 9.84 Å². The number of aliphatic hydroxyl groups is 1. The van der Waals surface area contributed by atoms with E-state index in [1.807, 2.05) is 0 Å². The fourth-order valence-electron chi connectivity index (χ4n) is 3.89. The van der Waals surface area contributed by atoms with Crippen molar-refractivity contribution in [3.8, 4) is 0 Å². The fraction of sp³-hybridized carbons (Fsp3) is 0.867. The number of carbonyl (C=O) groups excluding carboxylic acids is 2. The van der Waals surface area contributed by atoms with Crippen molar-refractivity contribution in [2.24, 2.45) is 17.8 Å². The molecule has 0 radical (unpaired) electrons. The van der Waals surface area contributed by atoms with Crippen LogP contribution < -0.4 is 0 Å². The van der Waals surface area contributed by atoms with Crippen molar-refractivity contribution in [1.29, 1.82) is 0 Å². The Bertz CT molecular complexity index is 392. The van der Waals surface area contributed by atoms with Gasteiger partial charge in [0.25, 0.3) is 0 Å². The molecule has 2 saturated heterocycles. The molecule has 2 unspecified atom stereocenters. The van der Waals surface area contributed by atoms with Gasteiger partial charge in [-0.15, -0.1) is 0 Å². The normalized spacial score (nSPS) is 36.5. The molecule has 2 atom stereocenters. The second-order valence-electron chi connectivity index (χ2n) is 6.56. The maximum Gasteiger partial charge on any atom is 0.233 e. The largest absolute Gasteiger partial charge is 0.388 e. The lowest BCUT2D eigenvalue weighted by atomic mass is 9.93. The molecule has 2 amide bonds. The van der Waals surface area contributed by atoms with Gasteiger partial charge >= 0.3 is 0 Å². The zero-order chi connectivity index (χ0) is 14.3. The number of ether oxygens (including phenoxy) is 1. The van der Waals surface area contributed by atoms with Crippen molar-refractivity contribution in [3.63, 3.8) is 0 Å². The first-order valence-corrected chi connectivity index (χ1v) is 7.69. The highest BCUT2D eigenvalue weighted by atomic mass is 16.5. The lowest BCUT2D eigenvalue weighted by molar-refractivity contribution is -0.148. The molecule has 0 aromatic carbocycles. The van der Waals surface area contributed by atoms with E-state index in [2.05, 4.69) is 6.92 Å². The summed E-state index contributed by atoms with van der Waals surface area (Å²) in [6.07, 6.45) is 3.70. The molecule has 2 heterocycles. The van der Waals surface area contributed by atoms with E-state index in [4.69, 9.17) is 4.74 Å². The van der Waals surface area contributed by atoms with Gasteiger partial charge in [-0.05, 0) is 18.8 Å². The zero-order valence-electron chi connectivity index (χ0n) is 12.0. The van der Waals surface area contributed by atoms with E-state index in [1.54, 1.807) is 0 Å². The van der Waals surface area contributed by atoms with Gasteiger partial charge in [-0.1, -0.05) is 13.3 Å². The molecule has 0 spiro atoms. The van der Waals surface area contributed by atoms with Gasteiger partial charge in [0.2, 0.25) is 11.8 Å². The van der Waals surface area contributed by atoms with Gasteiger partial charge in [0.1, 0.15) is 0 Å². The zero-order valence-corrected chi connectivity index (χ0v) is 12.0. The molecule has 112 valence electrons. The number of carbonyl (C=O) groups is 2. The van der Waals surface area contributed by atoms with Gasteiger partial charge in [0.05, 0.1) is 24.0 Å². The van der Waals surface area contributed by atoms with Crippen LogP contribution in [0, 0.1) is 17.8 Å². The van der Waals surface area contributed by atoms with E-state index in [0.717, 1.165) is 19.3 Å². The summed E-state index contributed by atoms with van der Waals surface area (Å²) in [5.41, 5.74) is -0.952. The molecule has 0 aromatic rings. The van der Waals surface area contributed by atoms with Crippen LogP contribution in [0.4, 0.5) is 0 Å². The topological polar surface area (TPSA) is 66.8 Å². The van der Waals surface area contributed by atoms with Gasteiger partial charge in [-0.3, -0.25) is 14.5 Å². The monoisotopic (exact) mass is 281 g/mol. The number of fused-ring (bicyclic) bond motifs is 1. The molecule has 1 aliphatic carbocycles. The first-order valence-electron chi connectivity index (χ1n) is 7.69. The van der Waals surface area contributed by atoms with E-state index < -0.39 is 5.60 Å². The number of rotatable bonds is 3. The minimum atomic E-state index is -0.952. The third kappa shape index (κ3) is 2.27. The summed E-state index contributed by atoms with van der Waals surface area (Å²) in [6.45, 7) is 3.26. The molecular weight excluding hydrogens is 258 g/mol. The van der Waals surface area contributed by atoms with Crippen LogP contribution in [0.15, 0.2) is 0 Å². The summed E-state index contributed by atoms with van der Waals surface area (Å²) in [4.78, 5) is 26.2. The summed E-state index contributed by atoms with van der Waals surface area (Å²) < 4.78 is 5.24. The average Bonchev–Trinajstić information content (AvgIpc) is 2.95. The van der Waals surface area contributed by atoms with Gasteiger partial charge in [-0.25, -0.2) is 0 Å². The summed E-state index contributed by atoms with van der Waals surface area (Å²) in [5, 5.41) is 10.5. The van der Waals surface area contributed by atoms with Crippen LogP contribution in [0.3, 0.4) is 0 Å². The number of amides is 2. The van der Waals surface area contributed by atoms with Crippen LogP contribution in [0.1, 0.15) is 39.0 Å². The first kappa shape index (κ1) is 14.0. The van der Waals surface area contributed by atoms with Crippen molar-refractivity contribution in [2.75, 3.05) is 19.8 Å². The predicted octanol–water partition coefficient (Wildman–Crippen LogP) is 0.949. The fourth-order valence-corrected chi connectivity index (χ4v) is 3.89. The van der Waals surface area contributed by atoms with Crippen molar-refractivity contribution in [2.45, 2.75) is 44.6 Å². The third-order valence-electron chi connectivity index (χ3n) is 5.28. The SMILES string of the molecule is CCC1CC2C(=O)N(CC3(O)CCOCC3)C(=O)C2C1. The van der Waals surface area contributed by atoms with E-state index in [0.29, 0.717) is 32.0 Å². The quantitative estimate of drug-likeness (QED) is 0.782. The number of hydrogen-bond donors (Lipinski definition) is 1. The Morgan fingerprint density at radius 3 is 2.25 bits per heavy atom. The minimum absolute atomic E-state index is 0.0594. The lowest BCUT2D eigenvalue weighted by Crippen LogP contribution is -2.49. The van der Waals surface area contributed by atoms with Crippen LogP contribution in [0.5, 0.6) is 0 Å². The Hall–Kier alpha value is -0.940. The second kappa shape index (κ2) is 5.11. The number of β-amino-alcohol motifs (C(OH)–C–C–N with tert-alkyl or cyclic N) is 1. The summed E-state index contributed by atoms with van der Waals surface area (Å²) in [5.74, 6) is 0.129. The number of hydrogen-bond acceptors (Lipinski definition) is 4. The van der Waals surface area contributed by atoms with Crippen LogP contribution in [0.25, 0.3) is 0 Å². The van der Waals surface area contributed by atoms with Crippen LogP contribution >= 0.6 is 0 Å². The molecule has 5 nitrogen and oxygen atoms in total. The average molecular weight is 281 g/mol. The lowest BCUT2D eigenvalue weighted by Gasteiger charge is -2.35. The molecule has 3 rings (SSSR count). The van der Waals surface area contributed by atoms with Crippen LogP contribution in [0.2, 0.25) is 0 Å². The minimum Gasteiger partial charge on any atom is -0.388 e. The molecule has 3 aliphatic rings. The number of imide groups is 1. The molecule has 20 heavy (non-hydrogen) atoms. The van der Waals surface area contributed by atoms with Crippen LogP contribution in [-0.4, -0.2) is 47.2 Å². The molecule has 0 aromatic heterocycles. The van der Waals surface area contributed by atoms with Gasteiger partial charge in [0, 0.05) is 26.1 Å². The number of likely N-dealkylation sites (tertiary alicyclic amines) is 1. The molecule has 0 bridgehead atoms. The van der Waals surface area contributed by atoms with E-state index in [-0.39, 0.29) is 30.2 Å². The van der Waals surface area contributed by atoms with Crippen molar-refractivity contribution in [1.82, 2.24) is 4.90 Å². The Morgan fingerprint density at radius 1 is 1.20 bits per heavy atom. The predicted molar refractivity (Wildman–Crippen MR) is 71.7 cm³/mol. The first-order chi connectivity index (χ1) is 9.54. The molecule has 1 N–H and O–H groups in total. The summed E-state index contributed by atoms with van der Waals surface area (Å²) in [6, 6.07) is 0. The maximum atomic E-state index is 12.4. The van der Waals surface area contributed by atoms with Gasteiger partial charge in [0.15, 0.2) is 0 Å². The Kier molecular flexibility index (Phi) is 3.58. The second-order valence-corrected chi connectivity index (χ2v) is 6.56. The molecule has 1 saturated carbocycles. The van der Waals surface area contributed by atoms with Crippen LogP contribution in [-0.2, 0) is 14.3 Å². The summed E-state index contributed by atoms with van der Waals surface area (Å²) >= 11 is 0. The smallest absolute Gasteiger partial charge is 0.233 e. The highest BCUT2D eigenvalue weighted by Gasteiger charge is 2.53. The van der Waals surface area contributed by atoms with Gasteiger partial charge in [-0.2, -0.15) is 0 Å².